The lowest BCUT2D eigenvalue weighted by atomic mass is 10.1. The van der Waals surface area contributed by atoms with Crippen molar-refractivity contribution < 1.29 is 0 Å². The molecule has 0 spiro atoms. The Labute approximate surface area is 92.1 Å². The van der Waals surface area contributed by atoms with Crippen molar-refractivity contribution in [1.82, 2.24) is 9.55 Å². The van der Waals surface area contributed by atoms with E-state index in [1.165, 1.54) is 11.1 Å². The number of para-hydroxylation sites is 1. The molecule has 2 aromatic rings. The summed E-state index contributed by atoms with van der Waals surface area (Å²) in [5, 5.41) is 0. The van der Waals surface area contributed by atoms with Crippen molar-refractivity contribution in [2.24, 2.45) is 0 Å². The monoisotopic (exact) mass is 252 g/mol. The third-order valence-electron chi connectivity index (χ3n) is 2.51. The fraction of sp³-hybridized carbons (Fsp3) is 0.364. The number of hydrogen-bond acceptors (Lipinski definition) is 1. The molecule has 0 radical (unpaired) electrons. The van der Waals surface area contributed by atoms with E-state index in [1.54, 1.807) is 0 Å². The first-order valence-electron chi connectivity index (χ1n) is 4.91. The van der Waals surface area contributed by atoms with Gasteiger partial charge < -0.3 is 4.57 Å². The Morgan fingerprint density at radius 3 is 2.79 bits per heavy atom. The van der Waals surface area contributed by atoms with Gasteiger partial charge in [0.05, 0.1) is 11.0 Å². The molecular formula is C11H13BrN2. The molecule has 2 rings (SSSR count). The number of fused-ring (bicyclic) bond motifs is 1. The fourth-order valence-corrected chi connectivity index (χ4v) is 2.38. The molecule has 0 fully saturated rings. The topological polar surface area (TPSA) is 17.8 Å². The van der Waals surface area contributed by atoms with Crippen molar-refractivity contribution in [1.29, 1.82) is 0 Å². The van der Waals surface area contributed by atoms with Gasteiger partial charge >= 0.3 is 0 Å². The van der Waals surface area contributed by atoms with Crippen LogP contribution >= 0.6 is 15.9 Å². The molecule has 2 nitrogen and oxygen atoms in total. The second-order valence-electron chi connectivity index (χ2n) is 3.26. The zero-order valence-corrected chi connectivity index (χ0v) is 10.0. The zero-order chi connectivity index (χ0) is 10.1. The normalized spacial score (nSPS) is 11.1. The molecule has 1 aromatic carbocycles. The van der Waals surface area contributed by atoms with E-state index in [9.17, 15) is 0 Å². The van der Waals surface area contributed by atoms with Crippen molar-refractivity contribution >= 4 is 27.0 Å². The van der Waals surface area contributed by atoms with E-state index in [0.29, 0.717) is 0 Å². The molecule has 1 heterocycles. The van der Waals surface area contributed by atoms with Gasteiger partial charge in [0.1, 0.15) is 0 Å². The minimum atomic E-state index is 0.927. The van der Waals surface area contributed by atoms with Crippen LogP contribution in [0.4, 0.5) is 0 Å². The largest absolute Gasteiger partial charge is 0.319 e. The van der Waals surface area contributed by atoms with Crippen molar-refractivity contribution in [2.75, 3.05) is 0 Å². The van der Waals surface area contributed by atoms with Crippen molar-refractivity contribution in [2.45, 2.75) is 26.8 Å². The third kappa shape index (κ3) is 1.36. The number of aryl methyl sites for hydroxylation is 2. The maximum atomic E-state index is 4.53. The lowest BCUT2D eigenvalue weighted by Crippen LogP contribution is -1.93. The van der Waals surface area contributed by atoms with Gasteiger partial charge in [-0.2, -0.15) is 0 Å². The highest BCUT2D eigenvalue weighted by Gasteiger charge is 2.08. The molecule has 0 saturated carbocycles. The highest BCUT2D eigenvalue weighted by Crippen LogP contribution is 2.23. The molecular weight excluding hydrogens is 240 g/mol. The Bertz CT molecular complexity index is 460. The molecule has 0 bridgehead atoms. The maximum absolute atomic E-state index is 4.53. The van der Waals surface area contributed by atoms with Crippen molar-refractivity contribution in [3.63, 3.8) is 0 Å². The first-order valence-corrected chi connectivity index (χ1v) is 5.70. The predicted molar refractivity (Wildman–Crippen MR) is 62.5 cm³/mol. The summed E-state index contributed by atoms with van der Waals surface area (Å²) in [7, 11) is 0. The summed E-state index contributed by atoms with van der Waals surface area (Å²) >= 11 is 3.48. The van der Waals surface area contributed by atoms with Gasteiger partial charge in [0.2, 0.25) is 0 Å². The molecule has 1 aromatic heterocycles. The molecule has 0 unspecified atom stereocenters. The Balaban J connectivity index is 2.79. The summed E-state index contributed by atoms with van der Waals surface area (Å²) in [5.41, 5.74) is 3.66. The van der Waals surface area contributed by atoms with Crippen LogP contribution in [0.25, 0.3) is 11.0 Å². The minimum absolute atomic E-state index is 0.927. The summed E-state index contributed by atoms with van der Waals surface area (Å²) in [6.07, 6.45) is 1.03. The van der Waals surface area contributed by atoms with Crippen LogP contribution in [0.1, 0.15) is 19.4 Å². The van der Waals surface area contributed by atoms with E-state index >= 15 is 0 Å². The summed E-state index contributed by atoms with van der Waals surface area (Å²) in [4.78, 5) is 4.53. The van der Waals surface area contributed by atoms with Crippen LogP contribution in [-0.4, -0.2) is 9.55 Å². The van der Waals surface area contributed by atoms with Crippen LogP contribution < -0.4 is 0 Å². The van der Waals surface area contributed by atoms with Crippen LogP contribution in [-0.2, 0) is 13.0 Å². The standard InChI is InChI=1S/C11H13BrN2/c1-3-8-6-5-7-9-10(8)13-11(12)14(9)4-2/h5-7H,3-4H2,1-2H3. The van der Waals surface area contributed by atoms with Crippen LogP contribution in [0, 0.1) is 0 Å². The average molecular weight is 253 g/mol. The summed E-state index contributed by atoms with van der Waals surface area (Å²) in [5.74, 6) is 0. The van der Waals surface area contributed by atoms with E-state index in [4.69, 9.17) is 0 Å². The van der Waals surface area contributed by atoms with Gasteiger partial charge in [-0.1, -0.05) is 19.1 Å². The van der Waals surface area contributed by atoms with Crippen LogP contribution in [0.5, 0.6) is 0 Å². The number of hydrogen-bond donors (Lipinski definition) is 0. The molecule has 14 heavy (non-hydrogen) atoms. The van der Waals surface area contributed by atoms with Gasteiger partial charge in [0.15, 0.2) is 4.73 Å². The summed E-state index contributed by atoms with van der Waals surface area (Å²) in [6, 6.07) is 6.36. The number of halogens is 1. The van der Waals surface area contributed by atoms with E-state index in [0.717, 1.165) is 23.2 Å². The molecule has 0 aliphatic heterocycles. The first-order chi connectivity index (χ1) is 6.77. The number of benzene rings is 1. The minimum Gasteiger partial charge on any atom is -0.319 e. The predicted octanol–water partition coefficient (Wildman–Crippen LogP) is 3.38. The van der Waals surface area contributed by atoms with E-state index in [-0.39, 0.29) is 0 Å². The number of imidazole rings is 1. The Hall–Kier alpha value is -0.830. The lowest BCUT2D eigenvalue weighted by Gasteiger charge is -2.01. The van der Waals surface area contributed by atoms with Crippen molar-refractivity contribution in [3.05, 3.63) is 28.5 Å². The van der Waals surface area contributed by atoms with Crippen molar-refractivity contribution in [3.8, 4) is 0 Å². The first kappa shape index (κ1) is 9.71. The van der Waals surface area contributed by atoms with E-state index in [2.05, 4.69) is 57.5 Å². The summed E-state index contributed by atoms with van der Waals surface area (Å²) in [6.45, 7) is 5.24. The average Bonchev–Trinajstić information content (AvgIpc) is 2.52. The highest BCUT2D eigenvalue weighted by atomic mass is 79.9. The molecule has 0 aliphatic rings. The SMILES string of the molecule is CCc1cccc2c1nc(Br)n2CC. The molecule has 0 N–H and O–H groups in total. The zero-order valence-electron chi connectivity index (χ0n) is 8.42. The fourth-order valence-electron chi connectivity index (χ4n) is 1.76. The molecule has 0 aliphatic carbocycles. The number of rotatable bonds is 2. The van der Waals surface area contributed by atoms with Gasteiger partial charge in [-0.25, -0.2) is 4.98 Å². The van der Waals surface area contributed by atoms with Gasteiger partial charge in [-0.15, -0.1) is 0 Å². The Morgan fingerprint density at radius 2 is 2.14 bits per heavy atom. The maximum Gasteiger partial charge on any atom is 0.178 e. The van der Waals surface area contributed by atoms with Crippen LogP contribution in [0.3, 0.4) is 0 Å². The molecule has 0 saturated heterocycles. The van der Waals surface area contributed by atoms with Gasteiger partial charge in [-0.05, 0) is 40.9 Å². The summed E-state index contributed by atoms with van der Waals surface area (Å²) < 4.78 is 3.10. The second kappa shape index (κ2) is 3.73. The molecule has 0 atom stereocenters. The molecule has 74 valence electrons. The van der Waals surface area contributed by atoms with Crippen LogP contribution in [0.15, 0.2) is 22.9 Å². The quantitative estimate of drug-likeness (QED) is 0.802. The highest BCUT2D eigenvalue weighted by molar-refractivity contribution is 9.10. The third-order valence-corrected chi connectivity index (χ3v) is 3.12. The number of nitrogens with zero attached hydrogens (tertiary/aromatic N) is 2. The van der Waals surface area contributed by atoms with Gasteiger partial charge in [0, 0.05) is 6.54 Å². The molecule has 0 amide bonds. The number of aromatic nitrogens is 2. The van der Waals surface area contributed by atoms with Crippen LogP contribution in [0.2, 0.25) is 0 Å². The second-order valence-corrected chi connectivity index (χ2v) is 3.97. The lowest BCUT2D eigenvalue weighted by molar-refractivity contribution is 0.765. The Kier molecular flexibility index (Phi) is 2.59. The molecule has 3 heteroatoms. The smallest absolute Gasteiger partial charge is 0.178 e. The van der Waals surface area contributed by atoms with Gasteiger partial charge in [-0.3, -0.25) is 0 Å². The van der Waals surface area contributed by atoms with Gasteiger partial charge in [0.25, 0.3) is 0 Å². The van der Waals surface area contributed by atoms with E-state index < -0.39 is 0 Å². The Morgan fingerprint density at radius 1 is 1.36 bits per heavy atom. The van der Waals surface area contributed by atoms with E-state index in [1.807, 2.05) is 0 Å².